The maximum Gasteiger partial charge on any atom is 0.333 e. The fourth-order valence-corrected chi connectivity index (χ4v) is 12.4. The molecule has 3 heterocycles. The predicted molar refractivity (Wildman–Crippen MR) is 121 cm³/mol. The molecular weight excluding hydrogens is 460 g/mol. The van der Waals surface area contributed by atoms with Gasteiger partial charge in [-0.1, -0.05) is 6.58 Å². The maximum atomic E-state index is 12.8. The molecule has 8 saturated carbocycles. The Bertz CT molecular complexity index is 1170. The third-order valence-electron chi connectivity index (χ3n) is 13.8. The quantitative estimate of drug-likeness (QED) is 0.441. The number of rotatable bonds is 3. The van der Waals surface area contributed by atoms with Gasteiger partial charge in [0.15, 0.2) is 30.1 Å². The highest BCUT2D eigenvalue weighted by Gasteiger charge is 2.89. The topological polar surface area (TPSA) is 72.5 Å². The summed E-state index contributed by atoms with van der Waals surface area (Å²) in [6.07, 6.45) is 6.67. The van der Waals surface area contributed by atoms with E-state index in [1.54, 1.807) is 6.92 Å². The molecule has 8 aliphatic carbocycles. The fourth-order valence-electron chi connectivity index (χ4n) is 12.4. The Morgan fingerprint density at radius 2 is 1.78 bits per heavy atom. The predicted octanol–water partition coefficient (Wildman–Crippen LogP) is 3.16. The van der Waals surface area contributed by atoms with Crippen molar-refractivity contribution in [2.24, 2.45) is 58.2 Å². The molecule has 0 aromatic heterocycles. The van der Waals surface area contributed by atoms with Crippen LogP contribution < -0.4 is 0 Å². The summed E-state index contributed by atoms with van der Waals surface area (Å²) < 4.78 is 39.7. The summed E-state index contributed by atoms with van der Waals surface area (Å²) in [6, 6.07) is 0. The second-order valence-corrected chi connectivity index (χ2v) is 14.8. The summed E-state index contributed by atoms with van der Waals surface area (Å²) in [5.74, 6) is 4.02. The van der Waals surface area contributed by atoms with Gasteiger partial charge in [0.05, 0.1) is 6.61 Å². The molecular formula is C29H34O7. The van der Waals surface area contributed by atoms with Crippen LogP contribution >= 0.6 is 0 Å². The second-order valence-electron chi connectivity index (χ2n) is 14.8. The molecule has 0 radical (unpaired) electrons. The SMILES string of the molecule is C=C(C)C(=O)OC1C(C2COC3(O2)C2CC4CC45CC3C25)OC2OC3(OC21)C1CC2CC4(CC43)C2C1. The number of esters is 1. The summed E-state index contributed by atoms with van der Waals surface area (Å²) in [5, 5.41) is 0. The molecule has 0 aromatic carbocycles. The molecule has 2 bridgehead atoms. The number of carbonyl (C=O) groups is 1. The highest BCUT2D eigenvalue weighted by atomic mass is 16.9. The summed E-state index contributed by atoms with van der Waals surface area (Å²) in [7, 11) is 0. The van der Waals surface area contributed by atoms with Crippen LogP contribution in [0.2, 0.25) is 0 Å². The van der Waals surface area contributed by atoms with Crippen LogP contribution in [0.5, 0.6) is 0 Å². The molecule has 7 heteroatoms. The van der Waals surface area contributed by atoms with Gasteiger partial charge >= 0.3 is 5.97 Å². The summed E-state index contributed by atoms with van der Waals surface area (Å²) in [5.41, 5.74) is 1.50. The van der Waals surface area contributed by atoms with Crippen LogP contribution in [0.15, 0.2) is 12.2 Å². The van der Waals surface area contributed by atoms with Crippen molar-refractivity contribution in [2.45, 2.75) is 94.1 Å². The van der Waals surface area contributed by atoms with E-state index in [1.807, 2.05) is 0 Å². The van der Waals surface area contributed by atoms with Gasteiger partial charge in [-0.05, 0) is 86.4 Å². The smallest absolute Gasteiger partial charge is 0.333 e. The summed E-state index contributed by atoms with van der Waals surface area (Å²) >= 11 is 0. The van der Waals surface area contributed by atoms with Crippen molar-refractivity contribution in [1.82, 2.24) is 0 Å². The van der Waals surface area contributed by atoms with E-state index in [-0.39, 0.29) is 6.10 Å². The fraction of sp³-hybridized carbons (Fsp3) is 0.897. The van der Waals surface area contributed by atoms with E-state index >= 15 is 0 Å². The summed E-state index contributed by atoms with van der Waals surface area (Å²) in [6.45, 7) is 5.98. The van der Waals surface area contributed by atoms with Gasteiger partial charge in [0.25, 0.3) is 0 Å². The van der Waals surface area contributed by atoms with Crippen molar-refractivity contribution in [2.75, 3.05) is 6.61 Å². The number of hydrogen-bond acceptors (Lipinski definition) is 7. The molecule has 3 saturated heterocycles. The van der Waals surface area contributed by atoms with Crippen molar-refractivity contribution in [3.8, 4) is 0 Å². The van der Waals surface area contributed by atoms with Crippen LogP contribution in [-0.4, -0.2) is 54.9 Å². The highest BCUT2D eigenvalue weighted by Crippen LogP contribution is 2.89. The van der Waals surface area contributed by atoms with E-state index in [9.17, 15) is 4.79 Å². The molecule has 4 spiro atoms. The van der Waals surface area contributed by atoms with Gasteiger partial charge in [-0.15, -0.1) is 0 Å². The Hall–Kier alpha value is -0.990. The third-order valence-corrected chi connectivity index (χ3v) is 13.8. The van der Waals surface area contributed by atoms with Crippen molar-refractivity contribution >= 4 is 5.97 Å². The Morgan fingerprint density at radius 1 is 0.889 bits per heavy atom. The Morgan fingerprint density at radius 3 is 2.67 bits per heavy atom. The van der Waals surface area contributed by atoms with E-state index in [0.717, 1.165) is 23.7 Å². The third kappa shape index (κ3) is 1.83. The van der Waals surface area contributed by atoms with E-state index in [2.05, 4.69) is 6.58 Å². The molecule has 7 nitrogen and oxygen atoms in total. The van der Waals surface area contributed by atoms with Crippen LogP contribution in [0.3, 0.4) is 0 Å². The average molecular weight is 495 g/mol. The second kappa shape index (κ2) is 5.51. The Kier molecular flexibility index (Phi) is 3.06. The Labute approximate surface area is 210 Å². The molecule has 11 fully saturated rings. The van der Waals surface area contributed by atoms with Crippen molar-refractivity contribution in [3.63, 3.8) is 0 Å². The lowest BCUT2D eigenvalue weighted by molar-refractivity contribution is -0.370. The number of fused-ring (bicyclic) bond motifs is 6. The van der Waals surface area contributed by atoms with Gasteiger partial charge < -0.3 is 28.4 Å². The first-order valence-corrected chi connectivity index (χ1v) is 14.6. The lowest BCUT2D eigenvalue weighted by Crippen LogP contribution is -2.70. The minimum Gasteiger partial charge on any atom is -0.453 e. The molecule has 11 aliphatic rings. The van der Waals surface area contributed by atoms with Crippen LogP contribution in [0.1, 0.15) is 51.9 Å². The zero-order valence-electron chi connectivity index (χ0n) is 20.7. The molecule has 0 aromatic rings. The first-order chi connectivity index (χ1) is 17.4. The van der Waals surface area contributed by atoms with Crippen molar-refractivity contribution < 1.29 is 33.2 Å². The van der Waals surface area contributed by atoms with Gasteiger partial charge in [-0.2, -0.15) is 0 Å². The zero-order valence-corrected chi connectivity index (χ0v) is 20.7. The van der Waals surface area contributed by atoms with E-state index < -0.39 is 42.1 Å². The van der Waals surface area contributed by atoms with Gasteiger partial charge in [-0.25, -0.2) is 4.79 Å². The minimum absolute atomic E-state index is 0.279. The number of hydrogen-bond donors (Lipinski definition) is 0. The first-order valence-electron chi connectivity index (χ1n) is 14.6. The molecule has 3 aliphatic heterocycles. The normalized spacial score (nSPS) is 70.4. The van der Waals surface area contributed by atoms with Crippen LogP contribution in [0.25, 0.3) is 0 Å². The van der Waals surface area contributed by atoms with Crippen LogP contribution in [0.4, 0.5) is 0 Å². The van der Waals surface area contributed by atoms with E-state index in [0.29, 0.717) is 46.7 Å². The maximum absolute atomic E-state index is 12.8. The van der Waals surface area contributed by atoms with Gasteiger partial charge in [0.2, 0.25) is 0 Å². The van der Waals surface area contributed by atoms with E-state index in [1.165, 1.54) is 44.9 Å². The largest absolute Gasteiger partial charge is 0.453 e. The van der Waals surface area contributed by atoms with Crippen LogP contribution in [0, 0.1) is 58.2 Å². The molecule has 11 rings (SSSR count). The molecule has 36 heavy (non-hydrogen) atoms. The molecule has 0 N–H and O–H groups in total. The summed E-state index contributed by atoms with van der Waals surface area (Å²) in [4.78, 5) is 12.8. The zero-order chi connectivity index (χ0) is 23.6. The standard InChI is InChI=1S/C29H34O7/c1-11(2)24(30)32-22-21(18-10-31-29(34-18)16-5-14-7-26(14)8-17(29)20(16)26)33-25-23(22)35-28(36-25)13-3-12-6-27(9-19(27)28)15(12)4-13/h12-23,25H,1,3-10H2,2H3. The minimum atomic E-state index is -0.577. The monoisotopic (exact) mass is 494 g/mol. The van der Waals surface area contributed by atoms with Crippen LogP contribution in [-0.2, 0) is 33.2 Å². The van der Waals surface area contributed by atoms with Gasteiger partial charge in [0.1, 0.15) is 12.2 Å². The lowest BCUT2D eigenvalue weighted by Gasteiger charge is -2.66. The average Bonchev–Trinajstić information content (AvgIpc) is 3.49. The number of ether oxygens (including phenoxy) is 6. The van der Waals surface area contributed by atoms with E-state index in [4.69, 9.17) is 28.4 Å². The van der Waals surface area contributed by atoms with Crippen molar-refractivity contribution in [3.05, 3.63) is 12.2 Å². The van der Waals surface area contributed by atoms with Crippen molar-refractivity contribution in [1.29, 1.82) is 0 Å². The highest BCUT2D eigenvalue weighted by molar-refractivity contribution is 5.87. The number of carbonyl (C=O) groups excluding carboxylic acids is 1. The van der Waals surface area contributed by atoms with Gasteiger partial charge in [-0.3, -0.25) is 0 Å². The first kappa shape index (κ1) is 20.0. The van der Waals surface area contributed by atoms with Gasteiger partial charge in [0, 0.05) is 29.2 Å². The lowest BCUT2D eigenvalue weighted by atomic mass is 9.44. The molecule has 192 valence electrons. The molecule has 0 amide bonds. The molecule has 17 atom stereocenters. The molecule has 17 unspecified atom stereocenters. The Balaban J connectivity index is 0.895.